The van der Waals surface area contributed by atoms with Gasteiger partial charge in [-0.05, 0) is 0 Å². The number of carboxylic acids is 2. The summed E-state index contributed by atoms with van der Waals surface area (Å²) in [6.07, 6.45) is -2.26. The average molecular weight is 253 g/mol. The monoisotopic (exact) mass is 253 g/mol. The van der Waals surface area contributed by atoms with E-state index < -0.39 is 36.9 Å². The van der Waals surface area contributed by atoms with Gasteiger partial charge in [0.15, 0.2) is 6.10 Å². The van der Waals surface area contributed by atoms with Crippen LogP contribution in [0.4, 0.5) is 0 Å². The van der Waals surface area contributed by atoms with Gasteiger partial charge in [0.2, 0.25) is 0 Å². The Morgan fingerprint density at radius 1 is 1.11 bits per heavy atom. The molecular weight excluding hydrogens is 237 g/mol. The van der Waals surface area contributed by atoms with Gasteiger partial charge >= 0.3 is 24.8 Å². The summed E-state index contributed by atoms with van der Waals surface area (Å²) in [4.78, 5) is 31.7. The third kappa shape index (κ3) is 11.5. The van der Waals surface area contributed by atoms with Crippen molar-refractivity contribution in [2.75, 3.05) is 27.7 Å². The van der Waals surface area contributed by atoms with Gasteiger partial charge in [-0.1, -0.05) is 0 Å². The predicted molar refractivity (Wildman–Crippen MR) is 52.0 cm³/mol. The molecule has 0 bridgehead atoms. The molecule has 98 valence electrons. The number of carbonyl (C=O) groups is 3. The van der Waals surface area contributed by atoms with Crippen molar-refractivity contribution in [2.24, 2.45) is 0 Å². The van der Waals surface area contributed by atoms with E-state index in [1.807, 2.05) is 0 Å². The number of carbonyl (C=O) groups excluding carboxylic acids is 3. The Kier molecular flexibility index (Phi) is 8.73. The summed E-state index contributed by atoms with van der Waals surface area (Å²) in [7, 11) is 5.36. The molecule has 0 aliphatic heterocycles. The first kappa shape index (κ1) is 19.3. The van der Waals surface area contributed by atoms with Gasteiger partial charge in [-0.25, -0.2) is 0 Å². The van der Waals surface area contributed by atoms with Gasteiger partial charge in [0.25, 0.3) is 0 Å². The van der Waals surface area contributed by atoms with Crippen LogP contribution < -0.4 is 29.1 Å². The smallest absolute Gasteiger partial charge is 0.550 e. The molecule has 18 heavy (non-hydrogen) atoms. The SMILES string of the molecule is C[N+](C)(C)CC(CC(=O)[O-])OC(=O)CC(=O)[O-].[Li+]. The number of aliphatic carboxylic acids is 2. The zero-order chi connectivity index (χ0) is 13.6. The van der Waals surface area contributed by atoms with Crippen LogP contribution in [0.3, 0.4) is 0 Å². The van der Waals surface area contributed by atoms with E-state index in [2.05, 4.69) is 0 Å². The van der Waals surface area contributed by atoms with Crippen LogP contribution in [-0.4, -0.2) is 56.2 Å². The Balaban J connectivity index is 0. The summed E-state index contributed by atoms with van der Waals surface area (Å²) in [5.41, 5.74) is 0. The zero-order valence-electron chi connectivity index (χ0n) is 11.1. The number of hydrogen-bond donors (Lipinski definition) is 0. The predicted octanol–water partition coefficient (Wildman–Crippen LogP) is -6.11. The fraction of sp³-hybridized carbons (Fsp3) is 0.700. The van der Waals surface area contributed by atoms with Gasteiger partial charge in [-0.3, -0.25) is 4.79 Å². The number of nitrogens with zero attached hydrogens (tertiary/aromatic N) is 1. The summed E-state index contributed by atoms with van der Waals surface area (Å²) in [5, 5.41) is 20.6. The normalized spacial score (nSPS) is 12.2. The molecule has 0 aromatic heterocycles. The number of hydrogen-bond acceptors (Lipinski definition) is 6. The Bertz CT molecular complexity index is 312. The van der Waals surface area contributed by atoms with Crippen molar-refractivity contribution in [3.8, 4) is 0 Å². The van der Waals surface area contributed by atoms with Gasteiger partial charge in [-0.2, -0.15) is 0 Å². The maximum Gasteiger partial charge on any atom is 1.00 e. The Morgan fingerprint density at radius 2 is 1.61 bits per heavy atom. The van der Waals surface area contributed by atoms with Gasteiger partial charge in [0.05, 0.1) is 33.5 Å². The molecular formula is C10H16LiNO6. The first-order chi connectivity index (χ1) is 7.60. The van der Waals surface area contributed by atoms with Gasteiger partial charge in [-0.15, -0.1) is 0 Å². The molecule has 0 aliphatic rings. The number of ether oxygens (including phenoxy) is 1. The number of likely N-dealkylation sites (N-methyl/N-ethyl adjacent to an activating group) is 1. The minimum Gasteiger partial charge on any atom is -0.550 e. The number of rotatable bonds is 7. The fourth-order valence-electron chi connectivity index (χ4n) is 1.29. The van der Waals surface area contributed by atoms with Crippen molar-refractivity contribution in [3.63, 3.8) is 0 Å². The van der Waals surface area contributed by atoms with Crippen LogP contribution in [0.2, 0.25) is 0 Å². The molecule has 0 heterocycles. The molecule has 0 aromatic rings. The number of esters is 1. The van der Waals surface area contributed by atoms with Crippen LogP contribution in [0.25, 0.3) is 0 Å². The van der Waals surface area contributed by atoms with Crippen LogP contribution in [0.1, 0.15) is 12.8 Å². The van der Waals surface area contributed by atoms with Gasteiger partial charge in [0, 0.05) is 12.4 Å². The van der Waals surface area contributed by atoms with E-state index >= 15 is 0 Å². The third-order valence-corrected chi connectivity index (χ3v) is 1.73. The average Bonchev–Trinajstić information content (AvgIpc) is 1.95. The van der Waals surface area contributed by atoms with Crippen LogP contribution in [0.5, 0.6) is 0 Å². The van der Waals surface area contributed by atoms with E-state index in [4.69, 9.17) is 4.74 Å². The maximum absolute atomic E-state index is 11.1. The molecule has 1 atom stereocenters. The van der Waals surface area contributed by atoms with Gasteiger partial charge < -0.3 is 29.0 Å². The summed E-state index contributed by atoms with van der Waals surface area (Å²) in [6.45, 7) is 0.243. The summed E-state index contributed by atoms with van der Waals surface area (Å²) < 4.78 is 5.12. The van der Waals surface area contributed by atoms with E-state index in [9.17, 15) is 24.6 Å². The quantitative estimate of drug-likeness (QED) is 0.193. The molecule has 1 unspecified atom stereocenters. The second-order valence-corrected chi connectivity index (χ2v) is 4.71. The molecule has 0 aliphatic carbocycles. The first-order valence-corrected chi connectivity index (χ1v) is 5.00. The van der Waals surface area contributed by atoms with E-state index in [-0.39, 0.29) is 25.4 Å². The van der Waals surface area contributed by atoms with E-state index in [0.29, 0.717) is 4.48 Å². The van der Waals surface area contributed by atoms with Crippen molar-refractivity contribution >= 4 is 17.9 Å². The first-order valence-electron chi connectivity index (χ1n) is 5.00. The van der Waals surface area contributed by atoms with Crippen molar-refractivity contribution in [3.05, 3.63) is 0 Å². The largest absolute Gasteiger partial charge is 1.00 e. The Labute approximate surface area is 117 Å². The molecule has 0 rings (SSSR count). The second-order valence-electron chi connectivity index (χ2n) is 4.71. The van der Waals surface area contributed by atoms with Crippen molar-refractivity contribution in [2.45, 2.75) is 18.9 Å². The molecule has 7 nitrogen and oxygen atoms in total. The van der Waals surface area contributed by atoms with Crippen LogP contribution in [0.15, 0.2) is 0 Å². The van der Waals surface area contributed by atoms with Crippen LogP contribution in [0, 0.1) is 0 Å². The molecule has 0 fully saturated rings. The molecule has 0 amide bonds. The Hall–Kier alpha value is -1.03. The number of carboxylic acid groups (broad SMARTS) is 2. The van der Waals surface area contributed by atoms with E-state index in [0.717, 1.165) is 0 Å². The maximum atomic E-state index is 11.1. The van der Waals surface area contributed by atoms with Crippen LogP contribution >= 0.6 is 0 Å². The molecule has 0 radical (unpaired) electrons. The molecule has 0 spiro atoms. The Morgan fingerprint density at radius 3 is 1.94 bits per heavy atom. The molecule has 0 N–H and O–H groups in total. The summed E-state index contributed by atoms with van der Waals surface area (Å²) in [5.74, 6) is -3.93. The van der Waals surface area contributed by atoms with Crippen molar-refractivity contribution < 1.29 is 52.7 Å². The number of quaternary nitrogens is 1. The zero-order valence-corrected chi connectivity index (χ0v) is 11.1. The molecule has 8 heteroatoms. The van der Waals surface area contributed by atoms with E-state index in [1.54, 1.807) is 21.1 Å². The summed E-state index contributed by atoms with van der Waals surface area (Å²) >= 11 is 0. The van der Waals surface area contributed by atoms with Crippen molar-refractivity contribution in [1.29, 1.82) is 0 Å². The topological polar surface area (TPSA) is 107 Å². The van der Waals surface area contributed by atoms with Crippen molar-refractivity contribution in [1.82, 2.24) is 0 Å². The fourth-order valence-corrected chi connectivity index (χ4v) is 1.29. The van der Waals surface area contributed by atoms with Crippen LogP contribution in [-0.2, 0) is 19.1 Å². The second kappa shape index (κ2) is 8.14. The minimum absolute atomic E-state index is 0. The third-order valence-electron chi connectivity index (χ3n) is 1.73. The molecule has 0 saturated carbocycles. The molecule has 0 aromatic carbocycles. The molecule has 0 saturated heterocycles. The standard InChI is InChI=1S/C10H17NO6.Li/c1-11(2,3)6-7(4-8(12)13)17-10(16)5-9(14)15;/h7H,4-6H2,1-3H3,(H-,12,13,14,15);/q;+1/p-1. The summed E-state index contributed by atoms with van der Waals surface area (Å²) in [6, 6.07) is 0. The minimum atomic E-state index is -1.56. The van der Waals surface area contributed by atoms with E-state index in [1.165, 1.54) is 0 Å². The van der Waals surface area contributed by atoms with Gasteiger partial charge in [0.1, 0.15) is 6.54 Å².